The molecule has 29 valence electrons. The van der Waals surface area contributed by atoms with Crippen LogP contribution in [-0.4, -0.2) is 23.1 Å². The molecule has 0 N–H and O–H groups in total. The Kier molecular flexibility index (Phi) is 236. The molecule has 1 nitrogen and oxygen atoms in total. The summed E-state index contributed by atoms with van der Waals surface area (Å²) in [7, 11) is 0. The largest absolute Gasteiger partial charge is 2.00 e. The van der Waals surface area contributed by atoms with E-state index >= 15 is 0 Å². The van der Waals surface area contributed by atoms with Gasteiger partial charge in [0, 0.05) is 16.5 Å². The maximum atomic E-state index is 0. The zero-order valence-electron chi connectivity index (χ0n) is 1.06. The summed E-state index contributed by atoms with van der Waals surface area (Å²) in [5.41, 5.74) is 0. The zero-order valence-corrected chi connectivity index (χ0v) is 3.09. The van der Waals surface area contributed by atoms with Crippen LogP contribution in [0, 0.1) is 0 Å². The summed E-state index contributed by atoms with van der Waals surface area (Å²) >= 11 is 0. The summed E-state index contributed by atoms with van der Waals surface area (Å²) in [6, 6.07) is 0. The van der Waals surface area contributed by atoms with E-state index in [2.05, 4.69) is 0 Å². The van der Waals surface area contributed by atoms with Crippen molar-refractivity contribution in [3.8, 4) is 0 Å². The second-order valence-electron chi connectivity index (χ2n) is 0. The van der Waals surface area contributed by atoms with Gasteiger partial charge in [0.25, 0.3) is 0 Å². The second-order valence-corrected chi connectivity index (χ2v) is 0. The topological polar surface area (TPSA) is 28.5 Å². The molecule has 0 heterocycles. The van der Waals surface area contributed by atoms with Gasteiger partial charge in [-0.05, 0) is 0 Å². The van der Waals surface area contributed by atoms with Crippen molar-refractivity contribution in [3.05, 3.63) is 0 Å². The molecule has 0 aliphatic heterocycles. The Morgan fingerprint density at radius 2 is 1.00 bits per heavy atom. The van der Waals surface area contributed by atoms with Gasteiger partial charge >= 0.3 is 39.8 Å². The van der Waals surface area contributed by atoms with Gasteiger partial charge in [-0.25, -0.2) is 0 Å². The molecule has 0 atom stereocenters. The number of hydrogen-bond acceptors (Lipinski definition) is 0. The van der Waals surface area contributed by atoms with Crippen molar-refractivity contribution >= 4 is 23.1 Å². The number of hydrogen-bond donors (Lipinski definition) is 0. The standard InChI is InChI=1S/Co.Mg.Ni.O.2H/q+2;;;-2;;. The van der Waals surface area contributed by atoms with Gasteiger partial charge in [-0.15, -0.1) is 0 Å². The van der Waals surface area contributed by atoms with E-state index in [1.54, 1.807) is 0 Å². The van der Waals surface area contributed by atoms with E-state index in [1.807, 2.05) is 0 Å². The van der Waals surface area contributed by atoms with E-state index in [9.17, 15) is 0 Å². The minimum absolute atomic E-state index is 0. The predicted octanol–water partition coefficient (Wildman–Crippen LogP) is -1.04. The first-order chi connectivity index (χ1) is 0. The molecule has 0 aromatic carbocycles. The van der Waals surface area contributed by atoms with Crippen molar-refractivity contribution in [3.63, 3.8) is 0 Å². The molecule has 4 heteroatoms. The Labute approximate surface area is 61.5 Å². The predicted molar refractivity (Wildman–Crippen MR) is 9.23 cm³/mol. The molecule has 0 amide bonds. The molecule has 0 aliphatic carbocycles. The van der Waals surface area contributed by atoms with Gasteiger partial charge in [-0.2, -0.15) is 0 Å². The average molecular weight is 160 g/mol. The number of rotatable bonds is 0. The van der Waals surface area contributed by atoms with E-state index in [4.69, 9.17) is 0 Å². The molecule has 0 saturated carbocycles. The van der Waals surface area contributed by atoms with Crippen LogP contribution in [0.4, 0.5) is 0 Å². The van der Waals surface area contributed by atoms with Crippen LogP contribution in [0.3, 0.4) is 0 Å². The van der Waals surface area contributed by atoms with Crippen LogP contribution >= 0.6 is 0 Å². The van der Waals surface area contributed by atoms with Gasteiger partial charge in [0.2, 0.25) is 0 Å². The van der Waals surface area contributed by atoms with Gasteiger partial charge in [0.05, 0.1) is 0 Å². The third-order valence-corrected chi connectivity index (χ3v) is 0. The van der Waals surface area contributed by atoms with E-state index in [0.717, 1.165) is 0 Å². The Balaban J connectivity index is 0. The van der Waals surface area contributed by atoms with Crippen molar-refractivity contribution in [1.29, 1.82) is 0 Å². The molecule has 0 aliphatic rings. The summed E-state index contributed by atoms with van der Waals surface area (Å²) in [6.45, 7) is 0. The first kappa shape index (κ1) is 42.9. The quantitative estimate of drug-likeness (QED) is 0.405. The second kappa shape index (κ2) is 22.0. The summed E-state index contributed by atoms with van der Waals surface area (Å²) in [4.78, 5) is 0. The zero-order chi connectivity index (χ0) is 0. The van der Waals surface area contributed by atoms with Crippen molar-refractivity contribution in [2.45, 2.75) is 0 Å². The van der Waals surface area contributed by atoms with Crippen LogP contribution < -0.4 is 0 Å². The van der Waals surface area contributed by atoms with Crippen molar-refractivity contribution in [1.82, 2.24) is 0 Å². The average Bonchev–Trinajstić information content (AvgIpc) is 0. The van der Waals surface area contributed by atoms with Gasteiger partial charge in [0.1, 0.15) is 0 Å². The maximum absolute atomic E-state index is 0. The van der Waals surface area contributed by atoms with Gasteiger partial charge < -0.3 is 5.48 Å². The molecular weight excluding hydrogens is 158 g/mol. The summed E-state index contributed by atoms with van der Waals surface area (Å²) in [6.07, 6.45) is 0. The molecule has 0 fully saturated rings. The van der Waals surface area contributed by atoms with Crippen LogP contribution in [0.25, 0.3) is 0 Å². The molecule has 0 aromatic heterocycles. The van der Waals surface area contributed by atoms with Crippen molar-refractivity contribution < 1.29 is 38.7 Å². The fourth-order valence-corrected chi connectivity index (χ4v) is 0. The van der Waals surface area contributed by atoms with Crippen LogP contribution in [0.15, 0.2) is 0 Å². The maximum Gasteiger partial charge on any atom is 2.00 e. The fraction of sp³-hybridized carbons (Fsp3) is 0. The smallest absolute Gasteiger partial charge is 2.00 e. The molecule has 1 radical (unpaired) electrons. The third kappa shape index (κ3) is 9.29. The van der Waals surface area contributed by atoms with E-state index in [1.165, 1.54) is 0 Å². The van der Waals surface area contributed by atoms with E-state index in [0.29, 0.717) is 0 Å². The molecule has 0 saturated heterocycles. The molecular formula is H2CoMgNiO. The molecule has 0 spiro atoms. The van der Waals surface area contributed by atoms with Crippen LogP contribution in [0.1, 0.15) is 0 Å². The van der Waals surface area contributed by atoms with Gasteiger partial charge in [-0.3, -0.25) is 0 Å². The summed E-state index contributed by atoms with van der Waals surface area (Å²) in [5.74, 6) is 0. The van der Waals surface area contributed by atoms with Crippen LogP contribution in [0.2, 0.25) is 0 Å². The molecule has 0 aromatic rings. The van der Waals surface area contributed by atoms with Crippen molar-refractivity contribution in [2.24, 2.45) is 0 Å². The molecule has 4 heavy (non-hydrogen) atoms. The van der Waals surface area contributed by atoms with Crippen molar-refractivity contribution in [2.75, 3.05) is 0 Å². The van der Waals surface area contributed by atoms with E-state index < -0.39 is 0 Å². The van der Waals surface area contributed by atoms with E-state index in [-0.39, 0.29) is 61.8 Å². The summed E-state index contributed by atoms with van der Waals surface area (Å²) < 4.78 is 0. The van der Waals surface area contributed by atoms with Gasteiger partial charge in [-0.1, -0.05) is 0 Å². The Hall–Kier alpha value is 1.73. The molecule has 0 unspecified atom stereocenters. The normalized spacial score (nSPS) is 0. The Morgan fingerprint density at radius 1 is 1.00 bits per heavy atom. The minimum atomic E-state index is 0. The third-order valence-electron chi connectivity index (χ3n) is 0. The van der Waals surface area contributed by atoms with Crippen LogP contribution in [-0.2, 0) is 38.7 Å². The van der Waals surface area contributed by atoms with Crippen LogP contribution in [0.5, 0.6) is 0 Å². The molecule has 0 bridgehead atoms. The first-order valence-corrected chi connectivity index (χ1v) is 0. The first-order valence-electron chi connectivity index (χ1n) is 0. The Morgan fingerprint density at radius 3 is 1.00 bits per heavy atom. The van der Waals surface area contributed by atoms with Gasteiger partial charge in [0.15, 0.2) is 0 Å². The minimum Gasteiger partial charge on any atom is -2.00 e. The molecule has 0 rings (SSSR count). The Bertz CT molecular complexity index is 8.00. The SMILES string of the molecule is [Co+2].[MgH2].[Ni].[O-2]. The monoisotopic (exact) mass is 159 g/mol. The fourth-order valence-electron chi connectivity index (χ4n) is 0. The summed E-state index contributed by atoms with van der Waals surface area (Å²) in [5, 5.41) is 0.